The minimum absolute atomic E-state index is 0.498. The Morgan fingerprint density at radius 2 is 0.951 bits per heavy atom. The second kappa shape index (κ2) is 16.1. The summed E-state index contributed by atoms with van der Waals surface area (Å²) in [6.45, 7) is 6.01. The van der Waals surface area contributed by atoms with Crippen LogP contribution in [0, 0.1) is 0 Å². The lowest BCUT2D eigenvalue weighted by molar-refractivity contribution is 0.745. The third-order valence-corrected chi connectivity index (χ3v) is 12.3. The fourth-order valence-electron chi connectivity index (χ4n) is 9.42. The molecule has 0 aliphatic heterocycles. The predicted octanol–water partition coefficient (Wildman–Crippen LogP) is 15.8. The predicted molar refractivity (Wildman–Crippen MR) is 260 cm³/mol. The largest absolute Gasteiger partial charge is 0.309 e. The molecule has 0 unspecified atom stereocenters. The van der Waals surface area contributed by atoms with Crippen LogP contribution < -0.4 is 0 Å². The molecule has 0 spiro atoms. The van der Waals surface area contributed by atoms with Crippen molar-refractivity contribution in [1.29, 1.82) is 0 Å². The SMILES string of the molecule is C=C/C=C\C=C(/C)c1ccc2c(c1)c1cc(-c3ccccc3)ccc1n2-c1cccc2c(-c3ccc(C(c4ccccc4)(c4ccccc4)c4ccccc4)cc3)cccc12. The summed E-state index contributed by atoms with van der Waals surface area (Å²) in [5.41, 5.74) is 15.2. The van der Waals surface area contributed by atoms with E-state index in [0.717, 1.165) is 5.69 Å². The Balaban J connectivity index is 1.14. The topological polar surface area (TPSA) is 4.93 Å². The molecule has 0 N–H and O–H groups in total. The van der Waals surface area contributed by atoms with Crippen LogP contribution in [0.25, 0.3) is 66.1 Å². The summed E-state index contributed by atoms with van der Waals surface area (Å²) in [6, 6.07) is 80.1. The fraction of sp³-hybridized carbons (Fsp3) is 0.0333. The second-order valence-electron chi connectivity index (χ2n) is 15.7. The molecular weight excluding hydrogens is 735 g/mol. The number of hydrogen-bond donors (Lipinski definition) is 0. The van der Waals surface area contributed by atoms with Crippen LogP contribution in [-0.2, 0) is 5.41 Å². The average molecular weight is 780 g/mol. The average Bonchev–Trinajstić information content (AvgIpc) is 3.66. The van der Waals surface area contributed by atoms with Crippen molar-refractivity contribution in [1.82, 2.24) is 4.57 Å². The molecule has 0 fully saturated rings. The lowest BCUT2D eigenvalue weighted by Crippen LogP contribution is -2.30. The summed E-state index contributed by atoms with van der Waals surface area (Å²) >= 11 is 0. The van der Waals surface area contributed by atoms with Gasteiger partial charge in [-0.3, -0.25) is 0 Å². The zero-order chi connectivity index (χ0) is 41.2. The molecule has 0 saturated heterocycles. The first kappa shape index (κ1) is 37.5. The van der Waals surface area contributed by atoms with Crippen LogP contribution in [0.2, 0.25) is 0 Å². The summed E-state index contributed by atoms with van der Waals surface area (Å²) in [4.78, 5) is 0. The van der Waals surface area contributed by atoms with Crippen molar-refractivity contribution in [2.45, 2.75) is 12.3 Å². The van der Waals surface area contributed by atoms with Crippen LogP contribution in [0.15, 0.2) is 249 Å². The molecule has 10 aromatic rings. The first-order valence-electron chi connectivity index (χ1n) is 21.0. The summed E-state index contributed by atoms with van der Waals surface area (Å²) in [7, 11) is 0. The Morgan fingerprint density at radius 1 is 0.426 bits per heavy atom. The minimum Gasteiger partial charge on any atom is -0.309 e. The van der Waals surface area contributed by atoms with E-state index in [1.165, 1.54) is 88.2 Å². The van der Waals surface area contributed by atoms with Gasteiger partial charge in [-0.05, 0) is 98.3 Å². The van der Waals surface area contributed by atoms with Crippen molar-refractivity contribution in [2.75, 3.05) is 0 Å². The maximum absolute atomic E-state index is 3.84. The van der Waals surface area contributed by atoms with E-state index in [0.29, 0.717) is 0 Å². The Hall–Kier alpha value is -7.74. The minimum atomic E-state index is -0.498. The summed E-state index contributed by atoms with van der Waals surface area (Å²) < 4.78 is 2.46. The van der Waals surface area contributed by atoms with E-state index < -0.39 is 5.41 Å². The summed E-state index contributed by atoms with van der Waals surface area (Å²) in [5, 5.41) is 4.88. The maximum atomic E-state index is 3.84. The van der Waals surface area contributed by atoms with Gasteiger partial charge in [-0.25, -0.2) is 0 Å². The lowest BCUT2D eigenvalue weighted by Gasteiger charge is -2.37. The molecule has 0 amide bonds. The van der Waals surface area contributed by atoms with E-state index in [1.807, 2.05) is 12.2 Å². The highest BCUT2D eigenvalue weighted by Crippen LogP contribution is 2.46. The molecule has 1 aromatic heterocycles. The second-order valence-corrected chi connectivity index (χ2v) is 15.7. The zero-order valence-corrected chi connectivity index (χ0v) is 34.2. The highest BCUT2D eigenvalue weighted by atomic mass is 15.0. The normalized spacial score (nSPS) is 12.1. The smallest absolute Gasteiger partial charge is 0.0701 e. The summed E-state index contributed by atoms with van der Waals surface area (Å²) in [6.07, 6.45) is 7.99. The van der Waals surface area contributed by atoms with Crippen molar-refractivity contribution < 1.29 is 0 Å². The van der Waals surface area contributed by atoms with Gasteiger partial charge in [-0.1, -0.05) is 219 Å². The molecule has 0 radical (unpaired) electrons. The van der Waals surface area contributed by atoms with Crippen LogP contribution in [0.3, 0.4) is 0 Å². The molecule has 0 saturated carbocycles. The molecule has 1 heterocycles. The van der Waals surface area contributed by atoms with E-state index >= 15 is 0 Å². The molecule has 0 aliphatic rings. The van der Waals surface area contributed by atoms with E-state index in [9.17, 15) is 0 Å². The van der Waals surface area contributed by atoms with Gasteiger partial charge in [0.05, 0.1) is 22.1 Å². The Kier molecular flexibility index (Phi) is 9.92. The highest BCUT2D eigenvalue weighted by Gasteiger charge is 2.38. The van der Waals surface area contributed by atoms with Crippen LogP contribution in [0.5, 0.6) is 0 Å². The molecule has 9 aromatic carbocycles. The first-order valence-corrected chi connectivity index (χ1v) is 21.0. The van der Waals surface area contributed by atoms with E-state index in [2.05, 4.69) is 249 Å². The molecule has 0 atom stereocenters. The van der Waals surface area contributed by atoms with Gasteiger partial charge in [0, 0.05) is 16.2 Å². The molecule has 1 nitrogen and oxygen atoms in total. The maximum Gasteiger partial charge on any atom is 0.0701 e. The van der Waals surface area contributed by atoms with E-state index in [1.54, 1.807) is 0 Å². The number of aromatic nitrogens is 1. The molecule has 0 aliphatic carbocycles. The van der Waals surface area contributed by atoms with Crippen LogP contribution >= 0.6 is 0 Å². The number of fused-ring (bicyclic) bond motifs is 4. The van der Waals surface area contributed by atoms with Crippen LogP contribution in [0.4, 0.5) is 0 Å². The van der Waals surface area contributed by atoms with Crippen molar-refractivity contribution in [2.24, 2.45) is 0 Å². The van der Waals surface area contributed by atoms with Gasteiger partial charge in [0.25, 0.3) is 0 Å². The van der Waals surface area contributed by atoms with Gasteiger partial charge >= 0.3 is 0 Å². The Morgan fingerprint density at radius 3 is 1.57 bits per heavy atom. The first-order chi connectivity index (χ1) is 30.1. The lowest BCUT2D eigenvalue weighted by atomic mass is 9.65. The van der Waals surface area contributed by atoms with E-state index in [4.69, 9.17) is 0 Å². The highest BCUT2D eigenvalue weighted by molar-refractivity contribution is 6.13. The number of allylic oxidation sites excluding steroid dienone is 5. The van der Waals surface area contributed by atoms with Crippen molar-refractivity contribution in [3.05, 3.63) is 277 Å². The Labute approximate surface area is 358 Å². The van der Waals surface area contributed by atoms with Gasteiger partial charge in [0.15, 0.2) is 0 Å². The third-order valence-electron chi connectivity index (χ3n) is 12.3. The van der Waals surface area contributed by atoms with Crippen molar-refractivity contribution in [3.8, 4) is 27.9 Å². The van der Waals surface area contributed by atoms with Crippen molar-refractivity contribution >= 4 is 38.2 Å². The molecule has 61 heavy (non-hydrogen) atoms. The quantitative estimate of drug-likeness (QED) is 0.0962. The molecular formula is C60H45N. The van der Waals surface area contributed by atoms with Gasteiger partial charge in [-0.2, -0.15) is 0 Å². The number of hydrogen-bond acceptors (Lipinski definition) is 0. The van der Waals surface area contributed by atoms with Crippen LogP contribution in [0.1, 0.15) is 34.7 Å². The number of benzene rings is 9. The summed E-state index contributed by atoms with van der Waals surface area (Å²) in [5.74, 6) is 0. The Bertz CT molecular complexity index is 3130. The van der Waals surface area contributed by atoms with Gasteiger partial charge in [-0.15, -0.1) is 0 Å². The molecule has 0 bridgehead atoms. The third kappa shape index (κ3) is 6.62. The zero-order valence-electron chi connectivity index (χ0n) is 34.2. The monoisotopic (exact) mass is 779 g/mol. The molecule has 290 valence electrons. The number of nitrogens with zero attached hydrogens (tertiary/aromatic N) is 1. The number of rotatable bonds is 10. The van der Waals surface area contributed by atoms with Crippen molar-refractivity contribution in [3.63, 3.8) is 0 Å². The van der Waals surface area contributed by atoms with Gasteiger partial charge in [0.2, 0.25) is 0 Å². The standard InChI is InChI=1S/C60H45N/c1-3-4-9-20-43(2)46-35-39-58-55(41-46)56-42-47(44-21-10-5-11-22-44)36-40-59(56)61(58)57-32-19-30-53-52(29-18-31-54(53)57)45-33-37-51(38-34-45)60(48-23-12-6-13-24-48,49-25-14-7-15-26-49)50-27-16-8-17-28-50/h3-42H,1H2,2H3/b9-4-,43-20+. The van der Waals surface area contributed by atoms with E-state index in [-0.39, 0.29) is 0 Å². The molecule has 1 heteroatoms. The molecule has 10 rings (SSSR count). The fourth-order valence-corrected chi connectivity index (χ4v) is 9.42. The van der Waals surface area contributed by atoms with Crippen LogP contribution in [-0.4, -0.2) is 4.57 Å². The van der Waals surface area contributed by atoms with Gasteiger partial charge in [0.1, 0.15) is 0 Å². The van der Waals surface area contributed by atoms with Gasteiger partial charge < -0.3 is 4.57 Å².